The van der Waals surface area contributed by atoms with Crippen LogP contribution in [0.3, 0.4) is 0 Å². The van der Waals surface area contributed by atoms with Crippen LogP contribution in [-0.2, 0) is 4.79 Å². The number of thiophene rings is 1. The van der Waals surface area contributed by atoms with Crippen LogP contribution >= 0.6 is 34.3 Å². The van der Waals surface area contributed by atoms with Crippen molar-refractivity contribution in [3.8, 4) is 0 Å². The maximum Gasteiger partial charge on any atom is 0.265 e. The summed E-state index contributed by atoms with van der Waals surface area (Å²) in [5, 5.41) is 6.79. The molecule has 0 unspecified atom stereocenters. The molecule has 0 fully saturated rings. The number of rotatable bonds is 6. The highest BCUT2D eigenvalue weighted by atomic mass is 35.5. The van der Waals surface area contributed by atoms with Gasteiger partial charge < -0.3 is 15.5 Å². The smallest absolute Gasteiger partial charge is 0.265 e. The van der Waals surface area contributed by atoms with Gasteiger partial charge in [0, 0.05) is 25.7 Å². The first kappa shape index (κ1) is 19.6. The summed E-state index contributed by atoms with van der Waals surface area (Å²) in [7, 11) is 0. The van der Waals surface area contributed by atoms with Gasteiger partial charge in [-0.3, -0.25) is 9.59 Å². The number of benzene rings is 1. The standard InChI is InChI=1S/C18H19ClN4O2S2/c1-4-23(5-2)18-22-17-15(27-18)9-14(26-17)16(25)21-13-7-6-11(8-12(13)19)20-10(3)24/h6-9H,4-5H2,1-3H3,(H,20,24)(H,21,25). The highest BCUT2D eigenvalue weighted by molar-refractivity contribution is 7.29. The summed E-state index contributed by atoms with van der Waals surface area (Å²) in [6.45, 7) is 7.42. The molecule has 9 heteroatoms. The molecule has 0 spiro atoms. The van der Waals surface area contributed by atoms with E-state index in [1.54, 1.807) is 29.5 Å². The van der Waals surface area contributed by atoms with Crippen molar-refractivity contribution >= 4 is 72.1 Å². The van der Waals surface area contributed by atoms with E-state index in [4.69, 9.17) is 11.6 Å². The second-order valence-electron chi connectivity index (χ2n) is 5.78. The first-order chi connectivity index (χ1) is 12.9. The van der Waals surface area contributed by atoms with Gasteiger partial charge in [0.15, 0.2) is 5.13 Å². The number of thiazole rings is 1. The van der Waals surface area contributed by atoms with E-state index in [-0.39, 0.29) is 11.8 Å². The van der Waals surface area contributed by atoms with Gasteiger partial charge in [0.05, 0.1) is 20.3 Å². The van der Waals surface area contributed by atoms with Crippen LogP contribution < -0.4 is 15.5 Å². The number of halogens is 1. The van der Waals surface area contributed by atoms with Crippen molar-refractivity contribution in [2.24, 2.45) is 0 Å². The number of amides is 2. The summed E-state index contributed by atoms with van der Waals surface area (Å²) in [5.41, 5.74) is 1.07. The van der Waals surface area contributed by atoms with Crippen molar-refractivity contribution in [3.05, 3.63) is 34.2 Å². The van der Waals surface area contributed by atoms with E-state index in [0.717, 1.165) is 27.8 Å². The van der Waals surface area contributed by atoms with Gasteiger partial charge in [-0.2, -0.15) is 0 Å². The number of hydrogen-bond donors (Lipinski definition) is 2. The molecule has 6 nitrogen and oxygen atoms in total. The van der Waals surface area contributed by atoms with Gasteiger partial charge in [-0.25, -0.2) is 4.98 Å². The molecule has 1 aromatic carbocycles. The lowest BCUT2D eigenvalue weighted by molar-refractivity contribution is -0.114. The van der Waals surface area contributed by atoms with Crippen molar-refractivity contribution in [2.75, 3.05) is 28.6 Å². The van der Waals surface area contributed by atoms with E-state index in [2.05, 4.69) is 34.4 Å². The molecule has 2 heterocycles. The lowest BCUT2D eigenvalue weighted by Gasteiger charge is -2.16. The normalized spacial score (nSPS) is 10.8. The van der Waals surface area contributed by atoms with E-state index in [1.165, 1.54) is 18.3 Å². The van der Waals surface area contributed by atoms with Gasteiger partial charge in [-0.1, -0.05) is 22.9 Å². The predicted molar refractivity (Wildman–Crippen MR) is 115 cm³/mol. The number of hydrogen-bond acceptors (Lipinski definition) is 6. The number of anilines is 3. The number of aromatic nitrogens is 1. The Bertz CT molecular complexity index is 963. The molecule has 3 aromatic rings. The molecule has 0 aliphatic heterocycles. The van der Waals surface area contributed by atoms with E-state index >= 15 is 0 Å². The van der Waals surface area contributed by atoms with Crippen LogP contribution in [0, 0.1) is 0 Å². The fourth-order valence-electron chi connectivity index (χ4n) is 2.55. The van der Waals surface area contributed by atoms with Crippen molar-refractivity contribution in [3.63, 3.8) is 0 Å². The molecule has 2 amide bonds. The van der Waals surface area contributed by atoms with E-state index < -0.39 is 0 Å². The molecule has 2 aromatic heterocycles. The lowest BCUT2D eigenvalue weighted by Crippen LogP contribution is -2.21. The van der Waals surface area contributed by atoms with Crippen molar-refractivity contribution in [1.82, 2.24) is 4.98 Å². The Labute approximate surface area is 170 Å². The molecule has 0 saturated heterocycles. The van der Waals surface area contributed by atoms with Crippen LogP contribution in [0.25, 0.3) is 9.53 Å². The van der Waals surface area contributed by atoms with Crippen LogP contribution in [0.1, 0.15) is 30.4 Å². The SMILES string of the molecule is CCN(CC)c1nc2sc(C(=O)Nc3ccc(NC(C)=O)cc3Cl)cc2s1. The van der Waals surface area contributed by atoms with Crippen LogP contribution in [0.5, 0.6) is 0 Å². The highest BCUT2D eigenvalue weighted by Crippen LogP contribution is 2.35. The van der Waals surface area contributed by atoms with Crippen LogP contribution in [0.15, 0.2) is 24.3 Å². The molecule has 2 N–H and O–H groups in total. The summed E-state index contributed by atoms with van der Waals surface area (Å²) < 4.78 is 0.999. The summed E-state index contributed by atoms with van der Waals surface area (Å²) >= 11 is 9.16. The molecule has 27 heavy (non-hydrogen) atoms. The second kappa shape index (κ2) is 8.24. The third-order valence-electron chi connectivity index (χ3n) is 3.87. The molecular weight excluding hydrogens is 404 g/mol. The van der Waals surface area contributed by atoms with E-state index in [9.17, 15) is 9.59 Å². The molecule has 0 aliphatic rings. The fraction of sp³-hybridized carbons (Fsp3) is 0.278. The minimum atomic E-state index is -0.233. The molecule has 0 radical (unpaired) electrons. The van der Waals surface area contributed by atoms with Gasteiger partial charge in [0.25, 0.3) is 5.91 Å². The maximum atomic E-state index is 12.6. The summed E-state index contributed by atoms with van der Waals surface area (Å²) in [5.74, 6) is -0.415. The lowest BCUT2D eigenvalue weighted by atomic mass is 10.2. The van der Waals surface area contributed by atoms with Crippen LogP contribution in [0.2, 0.25) is 5.02 Å². The fourth-order valence-corrected chi connectivity index (χ4v) is 5.01. The Balaban J connectivity index is 1.76. The average Bonchev–Trinajstić information content (AvgIpc) is 3.17. The molecule has 3 rings (SSSR count). The zero-order chi connectivity index (χ0) is 19.6. The Hall–Kier alpha value is -2.16. The number of fused-ring (bicyclic) bond motifs is 1. The molecular formula is C18H19ClN4O2S2. The Kier molecular flexibility index (Phi) is 5.98. The second-order valence-corrected chi connectivity index (χ2v) is 8.23. The van der Waals surface area contributed by atoms with Crippen molar-refractivity contribution in [1.29, 1.82) is 0 Å². The number of carbonyl (C=O) groups is 2. The topological polar surface area (TPSA) is 74.3 Å². The first-order valence-electron chi connectivity index (χ1n) is 8.45. The van der Waals surface area contributed by atoms with E-state index in [0.29, 0.717) is 21.3 Å². The highest BCUT2D eigenvalue weighted by Gasteiger charge is 2.17. The zero-order valence-corrected chi connectivity index (χ0v) is 17.5. The van der Waals surface area contributed by atoms with Crippen molar-refractivity contribution in [2.45, 2.75) is 20.8 Å². The molecule has 0 atom stereocenters. The Morgan fingerprint density at radius 1 is 1.15 bits per heavy atom. The number of carbonyl (C=O) groups excluding carboxylic acids is 2. The summed E-state index contributed by atoms with van der Waals surface area (Å²) in [4.78, 5) is 31.9. The van der Waals surface area contributed by atoms with Crippen molar-refractivity contribution < 1.29 is 9.59 Å². The van der Waals surface area contributed by atoms with E-state index in [1.807, 2.05) is 6.07 Å². The quantitative estimate of drug-likeness (QED) is 0.581. The third kappa shape index (κ3) is 4.40. The average molecular weight is 423 g/mol. The van der Waals surface area contributed by atoms with Gasteiger partial charge in [-0.05, 0) is 38.1 Å². The third-order valence-corrected chi connectivity index (χ3v) is 6.41. The Morgan fingerprint density at radius 2 is 1.89 bits per heavy atom. The monoisotopic (exact) mass is 422 g/mol. The van der Waals surface area contributed by atoms with Crippen LogP contribution in [0.4, 0.5) is 16.5 Å². The summed E-state index contributed by atoms with van der Waals surface area (Å²) in [6.07, 6.45) is 0. The molecule has 0 aliphatic carbocycles. The summed E-state index contributed by atoms with van der Waals surface area (Å²) in [6, 6.07) is 6.81. The number of nitrogens with zero attached hydrogens (tertiary/aromatic N) is 2. The zero-order valence-electron chi connectivity index (χ0n) is 15.1. The predicted octanol–water partition coefficient (Wildman–Crippen LogP) is 5.07. The van der Waals surface area contributed by atoms with Gasteiger partial charge in [0.2, 0.25) is 5.91 Å². The number of nitrogens with one attached hydrogen (secondary N) is 2. The molecule has 0 saturated carbocycles. The van der Waals surface area contributed by atoms with Gasteiger partial charge in [-0.15, -0.1) is 11.3 Å². The molecule has 0 bridgehead atoms. The minimum Gasteiger partial charge on any atom is -0.349 e. The van der Waals surface area contributed by atoms with Gasteiger partial charge >= 0.3 is 0 Å². The first-order valence-corrected chi connectivity index (χ1v) is 10.5. The Morgan fingerprint density at radius 3 is 2.48 bits per heavy atom. The van der Waals surface area contributed by atoms with Gasteiger partial charge in [0.1, 0.15) is 4.83 Å². The van der Waals surface area contributed by atoms with Crippen LogP contribution in [-0.4, -0.2) is 29.9 Å². The molecule has 142 valence electrons. The minimum absolute atomic E-state index is 0.182. The largest absolute Gasteiger partial charge is 0.349 e. The maximum absolute atomic E-state index is 12.6.